The predicted octanol–water partition coefficient (Wildman–Crippen LogP) is 1.86. The lowest BCUT2D eigenvalue weighted by atomic mass is 10.3. The van der Waals surface area contributed by atoms with Gasteiger partial charge in [0.05, 0.1) is 15.6 Å². The molecule has 0 unspecified atom stereocenters. The number of nitro groups is 1. The smallest absolute Gasteiger partial charge is 0.270 e. The van der Waals surface area contributed by atoms with E-state index in [1.807, 2.05) is 24.0 Å². The molecule has 0 saturated carbocycles. The van der Waals surface area contributed by atoms with Crippen LogP contribution in [0.4, 0.5) is 11.5 Å². The quantitative estimate of drug-likeness (QED) is 0.572. The molecule has 3 rings (SSSR count). The van der Waals surface area contributed by atoms with Crippen molar-refractivity contribution >= 4 is 33.1 Å². The highest BCUT2D eigenvalue weighted by atomic mass is 35.5. The Morgan fingerprint density at radius 1 is 1.12 bits per heavy atom. The van der Waals surface area contributed by atoms with E-state index in [0.29, 0.717) is 18.9 Å². The van der Waals surface area contributed by atoms with Crippen molar-refractivity contribution < 1.29 is 13.3 Å². The van der Waals surface area contributed by atoms with E-state index in [-0.39, 0.29) is 28.7 Å². The third-order valence-corrected chi connectivity index (χ3v) is 6.47. The Morgan fingerprint density at radius 3 is 2.38 bits per heavy atom. The molecule has 1 aliphatic heterocycles. The summed E-state index contributed by atoms with van der Waals surface area (Å²) in [6.07, 6.45) is 0. The first-order valence-electron chi connectivity index (χ1n) is 7.78. The predicted molar refractivity (Wildman–Crippen MR) is 95.8 cm³/mol. The molecule has 1 saturated heterocycles. The van der Waals surface area contributed by atoms with Crippen LogP contribution in [0.2, 0.25) is 5.02 Å². The summed E-state index contributed by atoms with van der Waals surface area (Å²) in [5.41, 5.74) is 0.483. The molecular formula is C15H16ClN5O4S. The fourth-order valence-corrected chi connectivity index (χ4v) is 4.58. The van der Waals surface area contributed by atoms with Crippen molar-refractivity contribution in [2.45, 2.75) is 11.8 Å². The van der Waals surface area contributed by atoms with Crippen molar-refractivity contribution in [2.75, 3.05) is 31.1 Å². The molecule has 1 fully saturated rings. The maximum absolute atomic E-state index is 12.8. The molecule has 138 valence electrons. The van der Waals surface area contributed by atoms with Crippen LogP contribution in [0.5, 0.6) is 0 Å². The zero-order valence-electron chi connectivity index (χ0n) is 13.9. The van der Waals surface area contributed by atoms with Crippen LogP contribution in [0.15, 0.2) is 35.2 Å². The van der Waals surface area contributed by atoms with Crippen LogP contribution in [0.25, 0.3) is 0 Å². The highest BCUT2D eigenvalue weighted by molar-refractivity contribution is 7.89. The average molecular weight is 398 g/mol. The Kier molecular flexibility index (Phi) is 5.08. The second kappa shape index (κ2) is 7.14. The zero-order chi connectivity index (χ0) is 18.9. The summed E-state index contributed by atoms with van der Waals surface area (Å²) in [6.45, 7) is 3.14. The van der Waals surface area contributed by atoms with Crippen molar-refractivity contribution in [1.82, 2.24) is 14.5 Å². The van der Waals surface area contributed by atoms with Gasteiger partial charge in [0.2, 0.25) is 10.0 Å². The first-order chi connectivity index (χ1) is 12.3. The van der Waals surface area contributed by atoms with Gasteiger partial charge in [-0.1, -0.05) is 11.6 Å². The monoisotopic (exact) mass is 397 g/mol. The molecule has 0 radical (unpaired) electrons. The molecule has 0 N–H and O–H groups in total. The number of aryl methyl sites for hydroxylation is 1. The van der Waals surface area contributed by atoms with Crippen molar-refractivity contribution in [1.29, 1.82) is 0 Å². The van der Waals surface area contributed by atoms with Crippen LogP contribution in [-0.2, 0) is 10.0 Å². The van der Waals surface area contributed by atoms with Gasteiger partial charge in [-0.2, -0.15) is 9.40 Å². The summed E-state index contributed by atoms with van der Waals surface area (Å²) < 4.78 is 27.0. The van der Waals surface area contributed by atoms with E-state index in [9.17, 15) is 18.5 Å². The largest absolute Gasteiger partial charge is 0.352 e. The van der Waals surface area contributed by atoms with Gasteiger partial charge in [0, 0.05) is 38.3 Å². The van der Waals surface area contributed by atoms with Crippen molar-refractivity contribution in [3.63, 3.8) is 0 Å². The third-order valence-electron chi connectivity index (χ3n) is 4.09. The minimum atomic E-state index is -3.93. The van der Waals surface area contributed by atoms with Gasteiger partial charge in [0.1, 0.15) is 4.90 Å². The number of anilines is 1. The highest BCUT2D eigenvalue weighted by Crippen LogP contribution is 2.29. The van der Waals surface area contributed by atoms with Crippen molar-refractivity contribution in [2.24, 2.45) is 0 Å². The number of sulfonamides is 1. The van der Waals surface area contributed by atoms with Gasteiger partial charge in [-0.3, -0.25) is 10.1 Å². The van der Waals surface area contributed by atoms with Gasteiger partial charge in [-0.25, -0.2) is 8.42 Å². The normalized spacial score (nSPS) is 15.8. The molecule has 1 aromatic heterocycles. The average Bonchev–Trinajstić information content (AvgIpc) is 2.62. The topological polar surface area (TPSA) is 110 Å². The van der Waals surface area contributed by atoms with Gasteiger partial charge in [-0.15, -0.1) is 5.10 Å². The number of non-ortho nitro benzene ring substituents is 1. The van der Waals surface area contributed by atoms with E-state index in [1.165, 1.54) is 16.4 Å². The van der Waals surface area contributed by atoms with Crippen molar-refractivity contribution in [3.8, 4) is 0 Å². The Balaban J connectivity index is 1.79. The number of benzene rings is 1. The van der Waals surface area contributed by atoms with Crippen LogP contribution in [-0.4, -0.2) is 54.0 Å². The third kappa shape index (κ3) is 3.62. The summed E-state index contributed by atoms with van der Waals surface area (Å²) in [7, 11) is -3.93. The fraction of sp³-hybridized carbons (Fsp3) is 0.333. The highest BCUT2D eigenvalue weighted by Gasteiger charge is 2.31. The number of nitro benzene ring substituents is 1. The van der Waals surface area contributed by atoms with E-state index in [2.05, 4.69) is 10.2 Å². The van der Waals surface area contributed by atoms with Crippen LogP contribution in [0, 0.1) is 17.0 Å². The van der Waals surface area contributed by atoms with Crippen LogP contribution in [0.3, 0.4) is 0 Å². The molecule has 0 amide bonds. The van der Waals surface area contributed by atoms with E-state index in [4.69, 9.17) is 11.6 Å². The standard InChI is InChI=1S/C15H16ClN5O4S/c1-11-2-5-15(18-17-11)19-6-8-20(9-7-19)26(24,25)14-10-12(21(22)23)3-4-13(14)16/h2-5,10H,6-9H2,1H3. The summed E-state index contributed by atoms with van der Waals surface area (Å²) in [5, 5.41) is 19.0. The fourth-order valence-electron chi connectivity index (χ4n) is 2.66. The van der Waals surface area contributed by atoms with Gasteiger partial charge in [0.25, 0.3) is 5.69 Å². The van der Waals surface area contributed by atoms with E-state index >= 15 is 0 Å². The van der Waals surface area contributed by atoms with Crippen LogP contribution < -0.4 is 4.90 Å². The number of piperazine rings is 1. The second-order valence-corrected chi connectivity index (χ2v) is 8.11. The van der Waals surface area contributed by atoms with Gasteiger partial charge >= 0.3 is 0 Å². The number of hydrogen-bond acceptors (Lipinski definition) is 7. The summed E-state index contributed by atoms with van der Waals surface area (Å²) in [4.78, 5) is 12.0. The summed E-state index contributed by atoms with van der Waals surface area (Å²) in [6, 6.07) is 7.08. The number of halogens is 1. The Bertz CT molecular complexity index is 928. The lowest BCUT2D eigenvalue weighted by Gasteiger charge is -2.34. The van der Waals surface area contributed by atoms with Gasteiger partial charge in [0.15, 0.2) is 5.82 Å². The molecule has 0 atom stereocenters. The maximum atomic E-state index is 12.8. The SMILES string of the molecule is Cc1ccc(N2CCN(S(=O)(=O)c3cc([N+](=O)[O-])ccc3Cl)CC2)nn1. The Hall–Kier alpha value is -2.30. The molecule has 26 heavy (non-hydrogen) atoms. The number of rotatable bonds is 4. The van der Waals surface area contributed by atoms with E-state index in [1.54, 1.807) is 0 Å². The number of aromatic nitrogens is 2. The maximum Gasteiger partial charge on any atom is 0.270 e. The molecule has 9 nitrogen and oxygen atoms in total. The molecule has 11 heteroatoms. The van der Waals surface area contributed by atoms with Crippen LogP contribution in [0.1, 0.15) is 5.69 Å². The first kappa shape index (κ1) is 18.5. The van der Waals surface area contributed by atoms with Gasteiger partial charge in [-0.05, 0) is 25.1 Å². The molecule has 0 bridgehead atoms. The zero-order valence-corrected chi connectivity index (χ0v) is 15.4. The molecule has 2 aromatic rings. The molecular weight excluding hydrogens is 382 g/mol. The number of nitrogens with zero attached hydrogens (tertiary/aromatic N) is 5. The van der Waals surface area contributed by atoms with Crippen molar-refractivity contribution in [3.05, 3.63) is 51.2 Å². The van der Waals surface area contributed by atoms with Crippen LogP contribution >= 0.6 is 11.6 Å². The molecule has 2 heterocycles. The minimum absolute atomic E-state index is 0.0394. The lowest BCUT2D eigenvalue weighted by molar-refractivity contribution is -0.385. The van der Waals surface area contributed by atoms with E-state index in [0.717, 1.165) is 11.8 Å². The Labute approximate surface area is 155 Å². The first-order valence-corrected chi connectivity index (χ1v) is 9.60. The molecule has 1 aliphatic rings. The Morgan fingerprint density at radius 2 is 1.81 bits per heavy atom. The summed E-state index contributed by atoms with van der Waals surface area (Å²) >= 11 is 5.99. The summed E-state index contributed by atoms with van der Waals surface area (Å²) in [5.74, 6) is 0.682. The molecule has 0 spiro atoms. The molecule has 0 aliphatic carbocycles. The van der Waals surface area contributed by atoms with Gasteiger partial charge < -0.3 is 4.90 Å². The minimum Gasteiger partial charge on any atom is -0.352 e. The molecule has 1 aromatic carbocycles. The lowest BCUT2D eigenvalue weighted by Crippen LogP contribution is -2.49. The van der Waals surface area contributed by atoms with E-state index < -0.39 is 14.9 Å². The number of hydrogen-bond donors (Lipinski definition) is 0. The second-order valence-electron chi connectivity index (χ2n) is 5.80.